The van der Waals surface area contributed by atoms with E-state index in [0.29, 0.717) is 49.7 Å². The van der Waals surface area contributed by atoms with Gasteiger partial charge in [0.05, 0.1) is 0 Å². The number of hydrogen-bond donors (Lipinski definition) is 0. The summed E-state index contributed by atoms with van der Waals surface area (Å²) in [5.74, 6) is 1.08. The van der Waals surface area contributed by atoms with Crippen LogP contribution in [-0.4, -0.2) is 52.5 Å². The Morgan fingerprint density at radius 3 is 2.32 bits per heavy atom. The van der Waals surface area contributed by atoms with Crippen molar-refractivity contribution in [3.8, 4) is 11.5 Å². The quantitative estimate of drug-likeness (QED) is 0.526. The predicted octanol–water partition coefficient (Wildman–Crippen LogP) is 3.81. The Kier molecular flexibility index (Phi) is 7.54. The third-order valence-electron chi connectivity index (χ3n) is 4.98. The lowest BCUT2D eigenvalue weighted by atomic mass is 10.1. The Labute approximate surface area is 182 Å². The maximum Gasteiger partial charge on any atom is 0.253 e. The summed E-state index contributed by atoms with van der Waals surface area (Å²) < 4.78 is 5.70. The molecule has 0 aliphatic rings. The molecule has 0 atom stereocenters. The average molecular weight is 421 g/mol. The van der Waals surface area contributed by atoms with Crippen LogP contribution in [0.15, 0.2) is 59.0 Å². The summed E-state index contributed by atoms with van der Waals surface area (Å²) in [6, 6.07) is 17.0. The van der Waals surface area contributed by atoms with Gasteiger partial charge < -0.3 is 14.2 Å². The van der Waals surface area contributed by atoms with E-state index in [1.165, 1.54) is 0 Å². The summed E-state index contributed by atoms with van der Waals surface area (Å²) in [4.78, 5) is 28.0. The molecule has 0 spiro atoms. The molecule has 31 heavy (non-hydrogen) atoms. The van der Waals surface area contributed by atoms with Crippen LogP contribution in [0.4, 0.5) is 0 Å². The zero-order valence-electron chi connectivity index (χ0n) is 18.2. The number of aromatic nitrogens is 2. The Balaban J connectivity index is 1.50. The standard InChI is InChI=1S/C24H28N4O3/c1-4-28(17-18-13-15-20(16-14-18)24(30)27(2)3)22(29)12-8-11-21-25-26-23(31-21)19-9-6-5-7-10-19/h5-7,9-10,13-16H,4,8,11-12,17H2,1-3H3. The SMILES string of the molecule is CCN(Cc1ccc(C(=O)N(C)C)cc1)C(=O)CCCc1nnc(-c2ccccc2)o1. The smallest absolute Gasteiger partial charge is 0.253 e. The molecule has 0 radical (unpaired) electrons. The molecule has 2 amide bonds. The molecule has 3 rings (SSSR count). The maximum absolute atomic E-state index is 12.7. The fourth-order valence-corrected chi connectivity index (χ4v) is 3.21. The Hall–Kier alpha value is -3.48. The number of carbonyl (C=O) groups excluding carboxylic acids is 2. The van der Waals surface area contributed by atoms with E-state index in [0.717, 1.165) is 11.1 Å². The number of rotatable bonds is 9. The van der Waals surface area contributed by atoms with Gasteiger partial charge in [0.25, 0.3) is 5.91 Å². The average Bonchev–Trinajstić information content (AvgIpc) is 3.26. The fourth-order valence-electron chi connectivity index (χ4n) is 3.21. The summed E-state index contributed by atoms with van der Waals surface area (Å²) in [5.41, 5.74) is 2.51. The molecule has 0 unspecified atom stereocenters. The Morgan fingerprint density at radius 1 is 0.968 bits per heavy atom. The zero-order chi connectivity index (χ0) is 22.2. The second-order valence-electron chi connectivity index (χ2n) is 7.52. The molecule has 1 heterocycles. The van der Waals surface area contributed by atoms with Crippen LogP contribution >= 0.6 is 0 Å². The normalized spacial score (nSPS) is 10.7. The van der Waals surface area contributed by atoms with Gasteiger partial charge in [-0.3, -0.25) is 9.59 Å². The lowest BCUT2D eigenvalue weighted by Crippen LogP contribution is -2.30. The number of nitrogens with zero attached hydrogens (tertiary/aromatic N) is 4. The van der Waals surface area contributed by atoms with E-state index < -0.39 is 0 Å². The van der Waals surface area contributed by atoms with Crippen LogP contribution in [0.2, 0.25) is 0 Å². The number of benzene rings is 2. The minimum atomic E-state index is -0.0357. The summed E-state index contributed by atoms with van der Waals surface area (Å²) in [5, 5.41) is 8.17. The van der Waals surface area contributed by atoms with Crippen molar-refractivity contribution in [3.05, 3.63) is 71.6 Å². The third kappa shape index (κ3) is 6.01. The first-order valence-corrected chi connectivity index (χ1v) is 10.4. The van der Waals surface area contributed by atoms with Gasteiger partial charge in [0, 0.05) is 51.2 Å². The van der Waals surface area contributed by atoms with Crippen molar-refractivity contribution in [1.82, 2.24) is 20.0 Å². The number of hydrogen-bond acceptors (Lipinski definition) is 5. The molecular weight excluding hydrogens is 392 g/mol. The van der Waals surface area contributed by atoms with E-state index in [2.05, 4.69) is 10.2 Å². The van der Waals surface area contributed by atoms with Crippen molar-refractivity contribution in [1.29, 1.82) is 0 Å². The monoisotopic (exact) mass is 420 g/mol. The predicted molar refractivity (Wildman–Crippen MR) is 118 cm³/mol. The summed E-state index contributed by atoms with van der Waals surface area (Å²) >= 11 is 0. The van der Waals surface area contributed by atoms with Crippen LogP contribution in [0.5, 0.6) is 0 Å². The molecule has 162 valence electrons. The number of carbonyl (C=O) groups is 2. The van der Waals surface area contributed by atoms with Gasteiger partial charge >= 0.3 is 0 Å². The van der Waals surface area contributed by atoms with E-state index in [9.17, 15) is 9.59 Å². The number of aryl methyl sites for hydroxylation is 1. The fraction of sp³-hybridized carbons (Fsp3) is 0.333. The van der Waals surface area contributed by atoms with Gasteiger partial charge in [0.2, 0.25) is 17.7 Å². The van der Waals surface area contributed by atoms with Gasteiger partial charge in [-0.1, -0.05) is 30.3 Å². The van der Waals surface area contributed by atoms with Crippen LogP contribution in [-0.2, 0) is 17.8 Å². The summed E-state index contributed by atoms with van der Waals surface area (Å²) in [7, 11) is 3.45. The van der Waals surface area contributed by atoms with E-state index in [-0.39, 0.29) is 11.8 Å². The van der Waals surface area contributed by atoms with Crippen LogP contribution < -0.4 is 0 Å². The molecule has 0 aliphatic carbocycles. The van der Waals surface area contributed by atoms with Crippen molar-refractivity contribution in [2.75, 3.05) is 20.6 Å². The molecule has 3 aromatic rings. The van der Waals surface area contributed by atoms with Gasteiger partial charge in [-0.05, 0) is 43.2 Å². The minimum Gasteiger partial charge on any atom is -0.421 e. The lowest BCUT2D eigenvalue weighted by molar-refractivity contribution is -0.131. The molecule has 0 aliphatic heterocycles. The lowest BCUT2D eigenvalue weighted by Gasteiger charge is -2.21. The first kappa shape index (κ1) is 22.2. The summed E-state index contributed by atoms with van der Waals surface area (Å²) in [6.45, 7) is 3.10. The van der Waals surface area contributed by atoms with E-state index in [4.69, 9.17) is 4.42 Å². The summed E-state index contributed by atoms with van der Waals surface area (Å²) in [6.07, 6.45) is 1.61. The zero-order valence-corrected chi connectivity index (χ0v) is 18.2. The van der Waals surface area contributed by atoms with Crippen molar-refractivity contribution < 1.29 is 14.0 Å². The molecular formula is C24H28N4O3. The van der Waals surface area contributed by atoms with Gasteiger partial charge in [0.1, 0.15) is 0 Å². The second-order valence-corrected chi connectivity index (χ2v) is 7.52. The first-order chi connectivity index (χ1) is 15.0. The molecule has 2 aromatic carbocycles. The minimum absolute atomic E-state index is 0.0357. The molecule has 1 aromatic heterocycles. The van der Waals surface area contributed by atoms with Crippen LogP contribution in [0.1, 0.15) is 41.6 Å². The van der Waals surface area contributed by atoms with Crippen LogP contribution in [0.3, 0.4) is 0 Å². The van der Waals surface area contributed by atoms with Crippen molar-refractivity contribution in [2.45, 2.75) is 32.7 Å². The number of amides is 2. The molecule has 0 saturated carbocycles. The van der Waals surface area contributed by atoms with Gasteiger partial charge in [-0.2, -0.15) is 0 Å². The van der Waals surface area contributed by atoms with Gasteiger partial charge in [-0.25, -0.2) is 0 Å². The highest BCUT2D eigenvalue weighted by molar-refractivity contribution is 5.93. The van der Waals surface area contributed by atoms with Crippen molar-refractivity contribution in [3.63, 3.8) is 0 Å². The van der Waals surface area contributed by atoms with Crippen LogP contribution in [0, 0.1) is 0 Å². The Morgan fingerprint density at radius 2 is 1.68 bits per heavy atom. The molecule has 0 saturated heterocycles. The van der Waals surface area contributed by atoms with Crippen LogP contribution in [0.25, 0.3) is 11.5 Å². The highest BCUT2D eigenvalue weighted by Crippen LogP contribution is 2.18. The van der Waals surface area contributed by atoms with E-state index >= 15 is 0 Å². The first-order valence-electron chi connectivity index (χ1n) is 10.4. The molecule has 0 N–H and O–H groups in total. The van der Waals surface area contributed by atoms with Crippen molar-refractivity contribution in [2.24, 2.45) is 0 Å². The largest absolute Gasteiger partial charge is 0.421 e. The van der Waals surface area contributed by atoms with E-state index in [1.807, 2.05) is 54.3 Å². The molecule has 0 fully saturated rings. The van der Waals surface area contributed by atoms with E-state index in [1.54, 1.807) is 31.1 Å². The highest BCUT2D eigenvalue weighted by atomic mass is 16.4. The molecule has 0 bridgehead atoms. The van der Waals surface area contributed by atoms with Gasteiger partial charge in [-0.15, -0.1) is 10.2 Å². The van der Waals surface area contributed by atoms with Crippen molar-refractivity contribution >= 4 is 11.8 Å². The molecule has 7 heteroatoms. The topological polar surface area (TPSA) is 79.5 Å². The maximum atomic E-state index is 12.7. The highest BCUT2D eigenvalue weighted by Gasteiger charge is 2.14. The third-order valence-corrected chi connectivity index (χ3v) is 4.98. The van der Waals surface area contributed by atoms with Gasteiger partial charge in [0.15, 0.2) is 0 Å². The Bertz CT molecular complexity index is 997. The molecule has 7 nitrogen and oxygen atoms in total. The second kappa shape index (κ2) is 10.5.